The number of nitrogens with one attached hydrogen (secondary N) is 1. The first-order valence-corrected chi connectivity index (χ1v) is 8.83. The molecule has 0 aliphatic carbocycles. The minimum absolute atomic E-state index is 0.230. The Labute approximate surface area is 153 Å². The number of halogens is 1. The largest absolute Gasteiger partial charge is 0.451 e. The molecule has 0 atom stereocenters. The van der Waals surface area contributed by atoms with Gasteiger partial charge in [0, 0.05) is 10.6 Å². The molecule has 2 aromatic heterocycles. The zero-order valence-electron chi connectivity index (χ0n) is 13.2. The van der Waals surface area contributed by atoms with Gasteiger partial charge in [0.2, 0.25) is 0 Å². The zero-order valence-corrected chi connectivity index (χ0v) is 14.8. The number of amides is 1. The maximum Gasteiger partial charge on any atom is 0.293 e. The number of fused-ring (bicyclic) bond motifs is 1. The van der Waals surface area contributed by atoms with E-state index in [4.69, 9.17) is 16.0 Å². The van der Waals surface area contributed by atoms with Crippen molar-refractivity contribution in [3.63, 3.8) is 0 Å². The molecular formula is C19H13ClN2O2S. The van der Waals surface area contributed by atoms with Crippen molar-refractivity contribution in [2.75, 3.05) is 5.32 Å². The molecule has 4 aromatic rings. The number of anilines is 1. The van der Waals surface area contributed by atoms with Crippen molar-refractivity contribution in [3.05, 3.63) is 70.9 Å². The molecule has 25 heavy (non-hydrogen) atoms. The highest BCUT2D eigenvalue weighted by molar-refractivity contribution is 7.22. The quantitative estimate of drug-likeness (QED) is 0.499. The number of benzene rings is 2. The van der Waals surface area contributed by atoms with Crippen molar-refractivity contribution in [1.29, 1.82) is 0 Å². The number of carbonyl (C=O) groups is 1. The van der Waals surface area contributed by atoms with E-state index >= 15 is 0 Å². The first-order valence-electron chi connectivity index (χ1n) is 7.64. The van der Waals surface area contributed by atoms with Crippen LogP contribution < -0.4 is 5.32 Å². The van der Waals surface area contributed by atoms with Gasteiger partial charge in [0.15, 0.2) is 10.9 Å². The molecule has 0 bridgehead atoms. The number of thiazole rings is 1. The first-order chi connectivity index (χ1) is 12.1. The topological polar surface area (TPSA) is 55.1 Å². The smallest absolute Gasteiger partial charge is 0.293 e. The molecule has 0 radical (unpaired) electrons. The van der Waals surface area contributed by atoms with Crippen LogP contribution in [0.2, 0.25) is 5.02 Å². The van der Waals surface area contributed by atoms with Crippen molar-refractivity contribution in [3.8, 4) is 11.3 Å². The second-order valence-corrected chi connectivity index (χ2v) is 6.96. The molecular weight excluding hydrogens is 356 g/mol. The van der Waals surface area contributed by atoms with Crippen LogP contribution in [0.4, 0.5) is 5.13 Å². The molecule has 0 aliphatic rings. The van der Waals surface area contributed by atoms with Gasteiger partial charge in [-0.05, 0) is 42.8 Å². The van der Waals surface area contributed by atoms with E-state index in [9.17, 15) is 4.79 Å². The van der Waals surface area contributed by atoms with Crippen LogP contribution >= 0.6 is 22.9 Å². The fraction of sp³-hybridized carbons (Fsp3) is 0.0526. The van der Waals surface area contributed by atoms with Gasteiger partial charge in [-0.25, -0.2) is 4.98 Å². The van der Waals surface area contributed by atoms with Gasteiger partial charge in [-0.15, -0.1) is 0 Å². The van der Waals surface area contributed by atoms with E-state index in [1.54, 1.807) is 12.1 Å². The Morgan fingerprint density at radius 2 is 1.96 bits per heavy atom. The summed E-state index contributed by atoms with van der Waals surface area (Å²) in [5.41, 5.74) is 2.64. The summed E-state index contributed by atoms with van der Waals surface area (Å²) in [6.45, 7) is 1.92. The van der Waals surface area contributed by atoms with Gasteiger partial charge in [-0.1, -0.05) is 47.2 Å². The highest BCUT2D eigenvalue weighted by atomic mass is 35.5. The Hall–Kier alpha value is -2.63. The monoisotopic (exact) mass is 368 g/mol. The van der Waals surface area contributed by atoms with Crippen LogP contribution in [0.25, 0.3) is 21.5 Å². The first kappa shape index (κ1) is 15.9. The van der Waals surface area contributed by atoms with Gasteiger partial charge in [0.1, 0.15) is 5.76 Å². The van der Waals surface area contributed by atoms with Gasteiger partial charge < -0.3 is 4.42 Å². The Morgan fingerprint density at radius 3 is 2.80 bits per heavy atom. The molecule has 1 amide bonds. The predicted octanol–water partition coefficient (Wildman–Crippen LogP) is 5.77. The third-order valence-electron chi connectivity index (χ3n) is 3.88. The molecule has 4 nitrogen and oxygen atoms in total. The lowest BCUT2D eigenvalue weighted by molar-refractivity contribution is 0.0997. The lowest BCUT2D eigenvalue weighted by Gasteiger charge is -2.04. The molecule has 0 unspecified atom stereocenters. The van der Waals surface area contributed by atoms with Crippen molar-refractivity contribution in [1.82, 2.24) is 4.98 Å². The summed E-state index contributed by atoms with van der Waals surface area (Å²) in [7, 11) is 0. The van der Waals surface area contributed by atoms with E-state index in [2.05, 4.69) is 10.3 Å². The average Bonchev–Trinajstić information content (AvgIpc) is 3.23. The molecule has 0 aliphatic heterocycles. The molecule has 124 valence electrons. The fourth-order valence-corrected chi connectivity index (χ4v) is 3.60. The second-order valence-electron chi connectivity index (χ2n) is 5.52. The third kappa shape index (κ3) is 3.04. The summed E-state index contributed by atoms with van der Waals surface area (Å²) in [6, 6.07) is 16.7. The van der Waals surface area contributed by atoms with Crippen molar-refractivity contribution in [2.45, 2.75) is 6.92 Å². The molecule has 0 saturated carbocycles. The molecule has 2 aromatic carbocycles. The molecule has 1 N–H and O–H groups in total. The maximum absolute atomic E-state index is 12.4. The van der Waals surface area contributed by atoms with E-state index in [0.29, 0.717) is 15.9 Å². The predicted molar refractivity (Wildman–Crippen MR) is 101 cm³/mol. The van der Waals surface area contributed by atoms with Gasteiger partial charge in [0.25, 0.3) is 5.91 Å². The van der Waals surface area contributed by atoms with Crippen LogP contribution in [-0.4, -0.2) is 10.9 Å². The molecule has 2 heterocycles. The Bertz CT molecular complexity index is 1050. The Balaban J connectivity index is 1.59. The molecule has 4 rings (SSSR count). The summed E-state index contributed by atoms with van der Waals surface area (Å²) in [4.78, 5) is 16.8. The summed E-state index contributed by atoms with van der Waals surface area (Å²) < 4.78 is 6.74. The molecule has 0 spiro atoms. The number of hydrogen-bond donors (Lipinski definition) is 1. The van der Waals surface area contributed by atoms with E-state index in [0.717, 1.165) is 21.3 Å². The van der Waals surface area contributed by atoms with Crippen LogP contribution in [0.5, 0.6) is 0 Å². The number of aromatic nitrogens is 1. The summed E-state index contributed by atoms with van der Waals surface area (Å²) in [5, 5.41) is 3.99. The van der Waals surface area contributed by atoms with Crippen LogP contribution in [0.1, 0.15) is 16.1 Å². The van der Waals surface area contributed by atoms with Gasteiger partial charge in [0.05, 0.1) is 10.2 Å². The van der Waals surface area contributed by atoms with Crippen LogP contribution in [-0.2, 0) is 0 Å². The van der Waals surface area contributed by atoms with Gasteiger partial charge in [-0.2, -0.15) is 0 Å². The number of para-hydroxylation sites is 1. The Morgan fingerprint density at radius 1 is 1.12 bits per heavy atom. The number of rotatable bonds is 3. The highest BCUT2D eigenvalue weighted by Gasteiger charge is 2.16. The van der Waals surface area contributed by atoms with Crippen LogP contribution in [0, 0.1) is 6.92 Å². The van der Waals surface area contributed by atoms with Gasteiger partial charge in [-0.3, -0.25) is 10.1 Å². The standard InChI is InChI=1S/C19H13ClN2O2S/c1-11-12(5-4-6-13(11)20)15-9-10-16(24-15)18(23)22-19-21-14-7-2-3-8-17(14)25-19/h2-10H,1H3,(H,21,22,23). The SMILES string of the molecule is Cc1c(Cl)cccc1-c1ccc(C(=O)Nc2nc3ccccc3s2)o1. The molecule has 0 saturated heterocycles. The third-order valence-corrected chi connectivity index (χ3v) is 5.24. The van der Waals surface area contributed by atoms with E-state index in [-0.39, 0.29) is 11.7 Å². The molecule has 6 heteroatoms. The number of carbonyl (C=O) groups excluding carboxylic acids is 1. The minimum atomic E-state index is -0.329. The summed E-state index contributed by atoms with van der Waals surface area (Å²) in [5.74, 6) is 0.507. The highest BCUT2D eigenvalue weighted by Crippen LogP contribution is 2.30. The number of nitrogens with zero attached hydrogens (tertiary/aromatic N) is 1. The Kier molecular flexibility index (Phi) is 4.03. The van der Waals surface area contributed by atoms with Crippen molar-refractivity contribution < 1.29 is 9.21 Å². The van der Waals surface area contributed by atoms with Gasteiger partial charge >= 0.3 is 0 Å². The van der Waals surface area contributed by atoms with Crippen LogP contribution in [0.3, 0.4) is 0 Å². The maximum atomic E-state index is 12.4. The number of hydrogen-bond acceptors (Lipinski definition) is 4. The lowest BCUT2D eigenvalue weighted by atomic mass is 10.1. The fourth-order valence-electron chi connectivity index (χ4n) is 2.56. The van der Waals surface area contributed by atoms with E-state index < -0.39 is 0 Å². The second kappa shape index (κ2) is 6.35. The minimum Gasteiger partial charge on any atom is -0.451 e. The number of furan rings is 1. The normalized spacial score (nSPS) is 11.0. The van der Waals surface area contributed by atoms with Crippen LogP contribution in [0.15, 0.2) is 59.0 Å². The van der Waals surface area contributed by atoms with E-state index in [1.165, 1.54) is 11.3 Å². The summed E-state index contributed by atoms with van der Waals surface area (Å²) >= 11 is 7.58. The van der Waals surface area contributed by atoms with E-state index in [1.807, 2.05) is 49.4 Å². The molecule has 0 fully saturated rings. The summed E-state index contributed by atoms with van der Waals surface area (Å²) in [6.07, 6.45) is 0. The lowest BCUT2D eigenvalue weighted by Crippen LogP contribution is -2.10. The van der Waals surface area contributed by atoms with Crippen molar-refractivity contribution >= 4 is 44.2 Å². The zero-order chi connectivity index (χ0) is 17.4. The average molecular weight is 369 g/mol. The van der Waals surface area contributed by atoms with Crippen molar-refractivity contribution in [2.24, 2.45) is 0 Å².